The summed E-state index contributed by atoms with van der Waals surface area (Å²) >= 11 is 0. The third kappa shape index (κ3) is 3.73. The van der Waals surface area contributed by atoms with Crippen LogP contribution in [0.5, 0.6) is 5.75 Å². The van der Waals surface area contributed by atoms with E-state index in [0.29, 0.717) is 0 Å². The first kappa shape index (κ1) is 11.8. The number of halogens is 1. The van der Waals surface area contributed by atoms with E-state index in [1.807, 2.05) is 0 Å². The Hall–Kier alpha value is -1.32. The number of carbonyl (C=O) groups excluding carboxylic acids is 1. The summed E-state index contributed by atoms with van der Waals surface area (Å²) in [5.74, 6) is -0.532. The highest BCUT2D eigenvalue weighted by molar-refractivity contribution is 7.58. The van der Waals surface area contributed by atoms with Gasteiger partial charge in [-0.3, -0.25) is 0 Å². The molecule has 80 valence electrons. The van der Waals surface area contributed by atoms with Crippen LogP contribution >= 0.6 is 8.03 Å². The van der Waals surface area contributed by atoms with E-state index in [0.717, 1.165) is 6.07 Å². The molecule has 0 N–H and O–H groups in total. The second-order valence-corrected chi connectivity index (χ2v) is 3.64. The number of hydrogen-bond acceptors (Lipinski definition) is 4. The molecule has 0 spiro atoms. The lowest BCUT2D eigenvalue weighted by molar-refractivity contribution is 0.218. The lowest BCUT2D eigenvalue weighted by atomic mass is 10.3. The van der Waals surface area contributed by atoms with Crippen LogP contribution in [0.3, 0.4) is 0 Å². The molecule has 0 aliphatic rings. The number of benzene rings is 1. The van der Waals surface area contributed by atoms with Gasteiger partial charge in [-0.25, -0.2) is 4.39 Å². The summed E-state index contributed by atoms with van der Waals surface area (Å²) in [5, 5.41) is 0. The minimum absolute atomic E-state index is 0.00283. The van der Waals surface area contributed by atoms with Gasteiger partial charge in [0.1, 0.15) is 18.2 Å². The molecule has 0 aromatic heterocycles. The molecule has 0 saturated carbocycles. The van der Waals surface area contributed by atoms with Crippen molar-refractivity contribution in [2.45, 2.75) is 6.92 Å². The van der Waals surface area contributed by atoms with Crippen molar-refractivity contribution in [2.75, 3.05) is 6.61 Å². The average Bonchev–Trinajstić information content (AvgIpc) is 2.18. The van der Waals surface area contributed by atoms with Crippen LogP contribution in [-0.2, 0) is 9.09 Å². The van der Waals surface area contributed by atoms with Gasteiger partial charge in [0.2, 0.25) is 0 Å². The van der Waals surface area contributed by atoms with E-state index in [-0.39, 0.29) is 12.4 Å². The Kier molecular flexibility index (Phi) is 4.34. The molecule has 15 heavy (non-hydrogen) atoms. The molecule has 0 aliphatic heterocycles. The van der Waals surface area contributed by atoms with Gasteiger partial charge >= 0.3 is 13.7 Å². The lowest BCUT2D eigenvalue weighted by Gasteiger charge is -1.96. The standard InChI is InChI=1S/C9H9FO4P/c1-2-13-15(12)9(11)14-8-5-3-4-7(10)6-8/h3-6H,2H2,1H3/q+1. The van der Waals surface area contributed by atoms with Crippen molar-refractivity contribution in [3.8, 4) is 5.75 Å². The predicted molar refractivity (Wildman–Crippen MR) is 51.7 cm³/mol. The van der Waals surface area contributed by atoms with Crippen LogP contribution in [0, 0.1) is 5.82 Å². The van der Waals surface area contributed by atoms with Gasteiger partial charge in [0.15, 0.2) is 0 Å². The van der Waals surface area contributed by atoms with Gasteiger partial charge in [-0.05, 0) is 23.6 Å². The number of ether oxygens (including phenoxy) is 1. The molecule has 0 amide bonds. The van der Waals surface area contributed by atoms with Gasteiger partial charge in [-0.15, -0.1) is 4.52 Å². The molecule has 6 heteroatoms. The normalized spacial score (nSPS) is 10.9. The van der Waals surface area contributed by atoms with E-state index in [1.54, 1.807) is 6.92 Å². The Labute approximate surface area is 86.9 Å². The van der Waals surface area contributed by atoms with E-state index in [1.165, 1.54) is 18.2 Å². The monoisotopic (exact) mass is 231 g/mol. The van der Waals surface area contributed by atoms with Gasteiger partial charge in [-0.1, -0.05) is 6.07 Å². The van der Waals surface area contributed by atoms with Gasteiger partial charge in [-0.2, -0.15) is 4.79 Å². The summed E-state index contributed by atoms with van der Waals surface area (Å²) in [6.45, 7) is 1.75. The first-order valence-electron chi connectivity index (χ1n) is 4.21. The molecule has 1 rings (SSSR count). The predicted octanol–water partition coefficient (Wildman–Crippen LogP) is 3.10. The molecule has 1 unspecified atom stereocenters. The van der Waals surface area contributed by atoms with Crippen molar-refractivity contribution in [1.82, 2.24) is 0 Å². The van der Waals surface area contributed by atoms with Gasteiger partial charge in [0.05, 0.1) is 0 Å². The topological polar surface area (TPSA) is 52.6 Å². The Morgan fingerprint density at radius 2 is 2.27 bits per heavy atom. The molecule has 0 heterocycles. The number of carbonyl (C=O) groups is 1. The zero-order valence-corrected chi connectivity index (χ0v) is 8.87. The number of rotatable bonds is 4. The smallest absolute Gasteiger partial charge is 0.386 e. The molecule has 0 aliphatic carbocycles. The zero-order chi connectivity index (χ0) is 11.3. The highest BCUT2D eigenvalue weighted by Gasteiger charge is 2.33. The SMILES string of the molecule is CCO[P+](=O)C(=O)Oc1cccc(F)c1. The largest absolute Gasteiger partial charge is 0.636 e. The first-order valence-corrected chi connectivity index (χ1v) is 5.38. The fourth-order valence-electron chi connectivity index (χ4n) is 0.839. The Bertz CT molecular complexity index is 380. The van der Waals surface area contributed by atoms with Crippen LogP contribution in [-0.4, -0.2) is 12.3 Å². The van der Waals surface area contributed by atoms with Crippen molar-refractivity contribution < 1.29 is 23.0 Å². The summed E-state index contributed by atoms with van der Waals surface area (Å²) in [7, 11) is -2.51. The summed E-state index contributed by atoms with van der Waals surface area (Å²) in [6.07, 6.45) is 0. The number of hydrogen-bond donors (Lipinski definition) is 0. The first-order chi connectivity index (χ1) is 7.13. The van der Waals surface area contributed by atoms with Crippen LogP contribution in [0.15, 0.2) is 24.3 Å². The molecular weight excluding hydrogens is 222 g/mol. The van der Waals surface area contributed by atoms with Crippen LogP contribution in [0.2, 0.25) is 0 Å². The highest BCUT2D eigenvalue weighted by atomic mass is 31.1. The van der Waals surface area contributed by atoms with Crippen LogP contribution in [0.25, 0.3) is 0 Å². The van der Waals surface area contributed by atoms with Crippen LogP contribution in [0.4, 0.5) is 9.18 Å². The van der Waals surface area contributed by atoms with Gasteiger partial charge < -0.3 is 4.74 Å². The Morgan fingerprint density at radius 1 is 1.53 bits per heavy atom. The molecule has 0 fully saturated rings. The molecule has 1 aromatic rings. The van der Waals surface area contributed by atoms with Crippen LogP contribution < -0.4 is 4.74 Å². The fraction of sp³-hybridized carbons (Fsp3) is 0.222. The van der Waals surface area contributed by atoms with E-state index < -0.39 is 19.6 Å². The van der Waals surface area contributed by atoms with Crippen molar-refractivity contribution in [3.63, 3.8) is 0 Å². The maximum atomic E-state index is 12.7. The zero-order valence-electron chi connectivity index (χ0n) is 7.97. The van der Waals surface area contributed by atoms with E-state index >= 15 is 0 Å². The second kappa shape index (κ2) is 5.53. The minimum Gasteiger partial charge on any atom is -0.386 e. The van der Waals surface area contributed by atoms with Crippen molar-refractivity contribution in [3.05, 3.63) is 30.1 Å². The van der Waals surface area contributed by atoms with E-state index in [4.69, 9.17) is 0 Å². The molecular formula is C9H9FO4P+. The maximum Gasteiger partial charge on any atom is 0.636 e. The quantitative estimate of drug-likeness (QED) is 0.747. The molecule has 0 saturated heterocycles. The third-order valence-electron chi connectivity index (χ3n) is 1.40. The Balaban J connectivity index is 2.62. The maximum absolute atomic E-state index is 12.7. The van der Waals surface area contributed by atoms with Gasteiger partial charge in [0, 0.05) is 6.07 Å². The van der Waals surface area contributed by atoms with Crippen LogP contribution in [0.1, 0.15) is 6.92 Å². The molecule has 1 aromatic carbocycles. The molecule has 0 bridgehead atoms. The Morgan fingerprint density at radius 3 is 2.87 bits per heavy atom. The molecule has 4 nitrogen and oxygen atoms in total. The molecule has 1 atom stereocenters. The summed E-state index contributed by atoms with van der Waals surface area (Å²) < 4.78 is 32.8. The van der Waals surface area contributed by atoms with Gasteiger partial charge in [0.25, 0.3) is 0 Å². The van der Waals surface area contributed by atoms with Crippen molar-refractivity contribution >= 4 is 13.7 Å². The summed E-state index contributed by atoms with van der Waals surface area (Å²) in [5.41, 5.74) is -1.02. The third-order valence-corrected chi connectivity index (χ3v) is 2.28. The second-order valence-electron chi connectivity index (χ2n) is 2.50. The summed E-state index contributed by atoms with van der Waals surface area (Å²) in [6, 6.07) is 4.99. The average molecular weight is 231 g/mol. The van der Waals surface area contributed by atoms with Crippen molar-refractivity contribution in [2.24, 2.45) is 0 Å². The van der Waals surface area contributed by atoms with E-state index in [9.17, 15) is 13.8 Å². The summed E-state index contributed by atoms with van der Waals surface area (Å²) in [4.78, 5) is 11.1. The van der Waals surface area contributed by atoms with Crippen molar-refractivity contribution in [1.29, 1.82) is 0 Å². The molecule has 0 radical (unpaired) electrons. The van der Waals surface area contributed by atoms with E-state index in [2.05, 4.69) is 9.26 Å². The lowest BCUT2D eigenvalue weighted by Crippen LogP contribution is -2.02. The fourth-order valence-corrected chi connectivity index (χ4v) is 1.36. The highest BCUT2D eigenvalue weighted by Crippen LogP contribution is 2.26. The minimum atomic E-state index is -2.51.